The van der Waals surface area contributed by atoms with Crippen LogP contribution in [0.3, 0.4) is 0 Å². The lowest BCUT2D eigenvalue weighted by Crippen LogP contribution is -1.91. The van der Waals surface area contributed by atoms with E-state index in [0.29, 0.717) is 0 Å². The second-order valence-electron chi connectivity index (χ2n) is 3.16. The van der Waals surface area contributed by atoms with Crippen molar-refractivity contribution in [1.82, 2.24) is 9.97 Å². The fraction of sp³-hybridized carbons (Fsp3) is 0.300. The molecular formula is C10H13N3O. The molecule has 4 nitrogen and oxygen atoms in total. The van der Waals surface area contributed by atoms with Crippen molar-refractivity contribution in [1.29, 1.82) is 0 Å². The van der Waals surface area contributed by atoms with Gasteiger partial charge in [-0.1, -0.05) is 0 Å². The molecule has 2 aromatic heterocycles. The van der Waals surface area contributed by atoms with Crippen molar-refractivity contribution in [2.45, 2.75) is 13.3 Å². The molecule has 2 aromatic rings. The van der Waals surface area contributed by atoms with Gasteiger partial charge in [0.05, 0.1) is 18.4 Å². The van der Waals surface area contributed by atoms with E-state index in [0.717, 1.165) is 29.5 Å². The predicted octanol–water partition coefficient (Wildman–Crippen LogP) is 1.94. The predicted molar refractivity (Wildman–Crippen MR) is 54.4 cm³/mol. The summed E-state index contributed by atoms with van der Waals surface area (Å²) in [5, 5.41) is 2.97. The fourth-order valence-electron chi connectivity index (χ4n) is 1.37. The Bertz CT molecular complexity index is 403. The third-order valence-corrected chi connectivity index (χ3v) is 2.14. The minimum atomic E-state index is 0.733. The van der Waals surface area contributed by atoms with Crippen LogP contribution in [-0.4, -0.2) is 17.0 Å². The zero-order valence-electron chi connectivity index (χ0n) is 8.29. The van der Waals surface area contributed by atoms with Crippen molar-refractivity contribution in [2.24, 2.45) is 0 Å². The van der Waals surface area contributed by atoms with E-state index in [1.54, 1.807) is 6.26 Å². The lowest BCUT2D eigenvalue weighted by molar-refractivity contribution is 0.519. The normalized spacial score (nSPS) is 10.4. The highest BCUT2D eigenvalue weighted by atomic mass is 16.3. The van der Waals surface area contributed by atoms with Gasteiger partial charge in [0.2, 0.25) is 0 Å². The number of aryl methyl sites for hydroxylation is 1. The number of nitrogens with one attached hydrogen (secondary N) is 2. The number of nitrogens with zero attached hydrogens (tertiary/aromatic N) is 1. The van der Waals surface area contributed by atoms with Gasteiger partial charge in [0.25, 0.3) is 0 Å². The van der Waals surface area contributed by atoms with Crippen LogP contribution in [0.25, 0.3) is 0 Å². The topological polar surface area (TPSA) is 53.9 Å². The molecule has 0 bridgehead atoms. The van der Waals surface area contributed by atoms with Gasteiger partial charge in [-0.3, -0.25) is 0 Å². The van der Waals surface area contributed by atoms with E-state index in [-0.39, 0.29) is 0 Å². The molecule has 0 saturated heterocycles. The van der Waals surface area contributed by atoms with Gasteiger partial charge in [-0.25, -0.2) is 4.98 Å². The Morgan fingerprint density at radius 1 is 1.57 bits per heavy atom. The molecule has 2 heterocycles. The molecule has 0 aliphatic rings. The smallest absolute Gasteiger partial charge is 0.200 e. The first-order valence-electron chi connectivity index (χ1n) is 4.55. The lowest BCUT2D eigenvalue weighted by Gasteiger charge is -1.93. The van der Waals surface area contributed by atoms with Crippen molar-refractivity contribution in [3.8, 4) is 0 Å². The molecule has 0 fully saturated rings. The second-order valence-corrected chi connectivity index (χ2v) is 3.16. The van der Waals surface area contributed by atoms with Crippen LogP contribution in [0.4, 0.5) is 5.95 Å². The first-order chi connectivity index (χ1) is 6.79. The number of aromatic nitrogens is 2. The minimum absolute atomic E-state index is 0.733. The average Bonchev–Trinajstić information content (AvgIpc) is 2.78. The maximum Gasteiger partial charge on any atom is 0.200 e. The SMILES string of the molecule is CNc1nc(Cc2ccco2)c(C)[nH]1. The Morgan fingerprint density at radius 3 is 3.00 bits per heavy atom. The van der Waals surface area contributed by atoms with Crippen LogP contribution in [-0.2, 0) is 6.42 Å². The van der Waals surface area contributed by atoms with Crippen LogP contribution in [0.15, 0.2) is 22.8 Å². The van der Waals surface area contributed by atoms with Gasteiger partial charge in [0, 0.05) is 12.7 Å². The van der Waals surface area contributed by atoms with E-state index in [4.69, 9.17) is 4.42 Å². The highest BCUT2D eigenvalue weighted by Gasteiger charge is 2.07. The third kappa shape index (κ3) is 1.64. The van der Waals surface area contributed by atoms with Crippen LogP contribution in [0, 0.1) is 6.92 Å². The molecule has 0 unspecified atom stereocenters. The van der Waals surface area contributed by atoms with E-state index in [1.165, 1.54) is 0 Å². The van der Waals surface area contributed by atoms with Gasteiger partial charge in [-0.15, -0.1) is 0 Å². The Balaban J connectivity index is 2.20. The summed E-state index contributed by atoms with van der Waals surface area (Å²) in [6.07, 6.45) is 2.41. The minimum Gasteiger partial charge on any atom is -0.469 e. The number of aromatic amines is 1. The van der Waals surface area contributed by atoms with Crippen LogP contribution in [0.2, 0.25) is 0 Å². The van der Waals surface area contributed by atoms with Gasteiger partial charge in [-0.2, -0.15) is 0 Å². The highest BCUT2D eigenvalue weighted by Crippen LogP contribution is 2.13. The van der Waals surface area contributed by atoms with Gasteiger partial charge >= 0.3 is 0 Å². The number of H-pyrrole nitrogens is 1. The molecule has 0 amide bonds. The molecule has 0 aliphatic heterocycles. The van der Waals surface area contributed by atoms with Crippen molar-refractivity contribution in [3.05, 3.63) is 35.5 Å². The molecule has 0 aromatic carbocycles. The Labute approximate surface area is 82.4 Å². The fourth-order valence-corrected chi connectivity index (χ4v) is 1.37. The molecule has 4 heteroatoms. The molecule has 0 aliphatic carbocycles. The average molecular weight is 191 g/mol. The summed E-state index contributed by atoms with van der Waals surface area (Å²) in [5.74, 6) is 1.73. The standard InChI is InChI=1S/C10H13N3O/c1-7-9(13-10(11-2)12-7)6-8-4-3-5-14-8/h3-5H,6H2,1-2H3,(H2,11,12,13). The molecule has 0 atom stereocenters. The maximum atomic E-state index is 5.26. The van der Waals surface area contributed by atoms with Crippen LogP contribution >= 0.6 is 0 Å². The summed E-state index contributed by atoms with van der Waals surface area (Å²) in [6, 6.07) is 3.84. The summed E-state index contributed by atoms with van der Waals surface area (Å²) >= 11 is 0. The molecule has 14 heavy (non-hydrogen) atoms. The molecule has 0 saturated carbocycles. The van der Waals surface area contributed by atoms with Crippen LogP contribution in [0.5, 0.6) is 0 Å². The first kappa shape index (κ1) is 8.87. The van der Waals surface area contributed by atoms with Gasteiger partial charge in [-0.05, 0) is 19.1 Å². The molecule has 2 rings (SSSR count). The molecule has 74 valence electrons. The third-order valence-electron chi connectivity index (χ3n) is 2.14. The van der Waals surface area contributed by atoms with Crippen LogP contribution in [0.1, 0.15) is 17.1 Å². The second kappa shape index (κ2) is 3.57. The summed E-state index contributed by atoms with van der Waals surface area (Å²) in [7, 11) is 1.84. The van der Waals surface area contributed by atoms with Crippen molar-refractivity contribution in [3.63, 3.8) is 0 Å². The maximum absolute atomic E-state index is 5.26. The quantitative estimate of drug-likeness (QED) is 0.779. The zero-order valence-corrected chi connectivity index (χ0v) is 8.29. The van der Waals surface area contributed by atoms with Gasteiger partial charge < -0.3 is 14.7 Å². The molecular weight excluding hydrogens is 178 g/mol. The highest BCUT2D eigenvalue weighted by molar-refractivity contribution is 5.31. The molecule has 0 radical (unpaired) electrons. The van der Waals surface area contributed by atoms with E-state index in [2.05, 4.69) is 15.3 Å². The van der Waals surface area contributed by atoms with Gasteiger partial charge in [0.15, 0.2) is 5.95 Å². The Kier molecular flexibility index (Phi) is 2.26. The van der Waals surface area contributed by atoms with Crippen molar-refractivity contribution >= 4 is 5.95 Å². The van der Waals surface area contributed by atoms with E-state index >= 15 is 0 Å². The number of hydrogen-bond acceptors (Lipinski definition) is 3. The number of anilines is 1. The van der Waals surface area contributed by atoms with E-state index in [9.17, 15) is 0 Å². The van der Waals surface area contributed by atoms with Crippen molar-refractivity contribution < 1.29 is 4.42 Å². The number of hydrogen-bond donors (Lipinski definition) is 2. The van der Waals surface area contributed by atoms with Crippen LogP contribution < -0.4 is 5.32 Å². The Hall–Kier alpha value is -1.71. The zero-order chi connectivity index (χ0) is 9.97. The summed E-state index contributed by atoms with van der Waals surface area (Å²) < 4.78 is 5.26. The number of furan rings is 1. The number of rotatable bonds is 3. The summed E-state index contributed by atoms with van der Waals surface area (Å²) in [6.45, 7) is 2.01. The largest absolute Gasteiger partial charge is 0.469 e. The molecule has 0 spiro atoms. The first-order valence-corrected chi connectivity index (χ1v) is 4.55. The Morgan fingerprint density at radius 2 is 2.43 bits per heavy atom. The summed E-state index contributed by atoms with van der Waals surface area (Å²) in [4.78, 5) is 7.52. The van der Waals surface area contributed by atoms with Gasteiger partial charge in [0.1, 0.15) is 5.76 Å². The monoisotopic (exact) mass is 191 g/mol. The lowest BCUT2D eigenvalue weighted by atomic mass is 10.2. The number of imidazole rings is 1. The summed E-state index contributed by atoms with van der Waals surface area (Å²) in [5.41, 5.74) is 2.09. The van der Waals surface area contributed by atoms with E-state index < -0.39 is 0 Å². The van der Waals surface area contributed by atoms with E-state index in [1.807, 2.05) is 26.1 Å². The van der Waals surface area contributed by atoms with Crippen molar-refractivity contribution in [2.75, 3.05) is 12.4 Å². The molecule has 2 N–H and O–H groups in total.